The highest BCUT2D eigenvalue weighted by Gasteiger charge is 2.19. The van der Waals surface area contributed by atoms with Crippen molar-refractivity contribution in [2.75, 3.05) is 0 Å². The van der Waals surface area contributed by atoms with E-state index in [9.17, 15) is 5.11 Å². The fourth-order valence-corrected chi connectivity index (χ4v) is 2.54. The molecule has 0 bridgehead atoms. The fourth-order valence-electron chi connectivity index (χ4n) is 2.54. The van der Waals surface area contributed by atoms with Crippen LogP contribution in [0.25, 0.3) is 0 Å². The van der Waals surface area contributed by atoms with Crippen LogP contribution >= 0.6 is 0 Å². The van der Waals surface area contributed by atoms with E-state index in [4.69, 9.17) is 4.74 Å². The van der Waals surface area contributed by atoms with Gasteiger partial charge in [0.15, 0.2) is 11.5 Å². The highest BCUT2D eigenvalue weighted by molar-refractivity contribution is 5.52. The summed E-state index contributed by atoms with van der Waals surface area (Å²) in [5, 5.41) is 10.0. The lowest BCUT2D eigenvalue weighted by molar-refractivity contribution is 0.149. The first kappa shape index (κ1) is 12.3. The molecule has 1 aliphatic carbocycles. The van der Waals surface area contributed by atoms with E-state index >= 15 is 0 Å². The molecule has 2 rings (SSSR count). The predicted molar refractivity (Wildman–Crippen MR) is 69.8 cm³/mol. The van der Waals surface area contributed by atoms with E-state index in [0.29, 0.717) is 5.75 Å². The van der Waals surface area contributed by atoms with E-state index in [1.807, 2.05) is 13.8 Å². The number of rotatable bonds is 2. The first-order chi connectivity index (χ1) is 8.09. The molecule has 17 heavy (non-hydrogen) atoms. The van der Waals surface area contributed by atoms with Gasteiger partial charge in [0.05, 0.1) is 6.10 Å². The van der Waals surface area contributed by atoms with Gasteiger partial charge < -0.3 is 9.84 Å². The summed E-state index contributed by atoms with van der Waals surface area (Å²) in [6.45, 7) is 6.13. The number of ether oxygens (including phenoxy) is 1. The predicted octanol–water partition coefficient (Wildman–Crippen LogP) is 4.03. The van der Waals surface area contributed by atoms with Gasteiger partial charge in [0.1, 0.15) is 0 Å². The summed E-state index contributed by atoms with van der Waals surface area (Å²) in [7, 11) is 0. The van der Waals surface area contributed by atoms with Gasteiger partial charge in [-0.1, -0.05) is 6.42 Å². The van der Waals surface area contributed by atoms with E-state index in [1.54, 1.807) is 6.07 Å². The van der Waals surface area contributed by atoms with Crippen LogP contribution in [0.15, 0.2) is 6.07 Å². The average Bonchev–Trinajstić information content (AvgIpc) is 2.33. The SMILES string of the molecule is Cc1cc(O)c(OC2CCCCC2)c(C)c1C. The van der Waals surface area contributed by atoms with E-state index in [1.165, 1.54) is 24.8 Å². The second-order valence-corrected chi connectivity index (χ2v) is 5.17. The van der Waals surface area contributed by atoms with E-state index in [-0.39, 0.29) is 11.9 Å². The number of aryl methyl sites for hydroxylation is 1. The van der Waals surface area contributed by atoms with Crippen LogP contribution in [0.3, 0.4) is 0 Å². The molecule has 94 valence electrons. The zero-order valence-electron chi connectivity index (χ0n) is 11.0. The van der Waals surface area contributed by atoms with Crippen molar-refractivity contribution >= 4 is 0 Å². The molecule has 1 fully saturated rings. The van der Waals surface area contributed by atoms with Gasteiger partial charge in [-0.25, -0.2) is 0 Å². The topological polar surface area (TPSA) is 29.5 Å². The molecule has 2 nitrogen and oxygen atoms in total. The van der Waals surface area contributed by atoms with Gasteiger partial charge in [-0.3, -0.25) is 0 Å². The molecule has 0 aromatic heterocycles. The Labute approximate surface area is 104 Å². The Morgan fingerprint density at radius 2 is 1.71 bits per heavy atom. The molecule has 0 heterocycles. The lowest BCUT2D eigenvalue weighted by Crippen LogP contribution is -2.20. The monoisotopic (exact) mass is 234 g/mol. The zero-order chi connectivity index (χ0) is 12.4. The molecule has 0 aliphatic heterocycles. The third-order valence-electron chi connectivity index (χ3n) is 3.92. The summed E-state index contributed by atoms with van der Waals surface area (Å²) in [6, 6.07) is 1.81. The van der Waals surface area contributed by atoms with Crippen LogP contribution in [0.4, 0.5) is 0 Å². The molecule has 0 atom stereocenters. The maximum atomic E-state index is 10.0. The largest absolute Gasteiger partial charge is 0.504 e. The van der Waals surface area contributed by atoms with Crippen molar-refractivity contribution in [1.82, 2.24) is 0 Å². The zero-order valence-corrected chi connectivity index (χ0v) is 11.0. The molecule has 1 saturated carbocycles. The highest BCUT2D eigenvalue weighted by atomic mass is 16.5. The molecule has 0 unspecified atom stereocenters. The molecule has 2 heteroatoms. The van der Waals surface area contributed by atoms with Gasteiger partial charge in [0.25, 0.3) is 0 Å². The van der Waals surface area contributed by atoms with Gasteiger partial charge in [0, 0.05) is 0 Å². The molecule has 1 aliphatic rings. The molecular formula is C15H22O2. The third-order valence-corrected chi connectivity index (χ3v) is 3.92. The van der Waals surface area contributed by atoms with Crippen LogP contribution in [0, 0.1) is 20.8 Å². The van der Waals surface area contributed by atoms with Crippen LogP contribution in [-0.2, 0) is 0 Å². The Hall–Kier alpha value is -1.18. The second kappa shape index (κ2) is 4.99. The average molecular weight is 234 g/mol. The molecule has 0 radical (unpaired) electrons. The maximum Gasteiger partial charge on any atom is 0.164 e. The van der Waals surface area contributed by atoms with Gasteiger partial charge in [-0.05, 0) is 69.2 Å². The summed E-state index contributed by atoms with van der Waals surface area (Å²) >= 11 is 0. The van der Waals surface area contributed by atoms with Crippen molar-refractivity contribution in [1.29, 1.82) is 0 Å². The van der Waals surface area contributed by atoms with Crippen molar-refractivity contribution in [2.24, 2.45) is 0 Å². The fraction of sp³-hybridized carbons (Fsp3) is 0.600. The Morgan fingerprint density at radius 1 is 1.06 bits per heavy atom. The van der Waals surface area contributed by atoms with Crippen LogP contribution in [0.1, 0.15) is 48.8 Å². The Bertz CT molecular complexity index is 404. The van der Waals surface area contributed by atoms with Crippen LogP contribution in [0.2, 0.25) is 0 Å². The van der Waals surface area contributed by atoms with E-state index in [2.05, 4.69) is 6.92 Å². The number of hydrogen-bond donors (Lipinski definition) is 1. The van der Waals surface area contributed by atoms with Crippen molar-refractivity contribution in [3.63, 3.8) is 0 Å². The van der Waals surface area contributed by atoms with Crippen molar-refractivity contribution in [3.05, 3.63) is 22.8 Å². The van der Waals surface area contributed by atoms with Gasteiger partial charge in [-0.2, -0.15) is 0 Å². The number of benzene rings is 1. The highest BCUT2D eigenvalue weighted by Crippen LogP contribution is 2.36. The molecular weight excluding hydrogens is 212 g/mol. The minimum Gasteiger partial charge on any atom is -0.504 e. The summed E-state index contributed by atoms with van der Waals surface area (Å²) in [5.74, 6) is 0.983. The first-order valence-corrected chi connectivity index (χ1v) is 6.56. The van der Waals surface area contributed by atoms with Crippen molar-refractivity contribution in [2.45, 2.75) is 59.0 Å². The lowest BCUT2D eigenvalue weighted by Gasteiger charge is -2.25. The van der Waals surface area contributed by atoms with Crippen LogP contribution in [0.5, 0.6) is 11.5 Å². The quantitative estimate of drug-likeness (QED) is 0.837. The van der Waals surface area contributed by atoms with Crippen LogP contribution < -0.4 is 4.74 Å². The molecule has 0 saturated heterocycles. The minimum atomic E-state index is 0.287. The number of hydrogen-bond acceptors (Lipinski definition) is 2. The first-order valence-electron chi connectivity index (χ1n) is 6.56. The molecule has 0 spiro atoms. The molecule has 1 aromatic rings. The molecule has 1 aromatic carbocycles. The molecule has 1 N–H and O–H groups in total. The van der Waals surface area contributed by atoms with Crippen LogP contribution in [-0.4, -0.2) is 11.2 Å². The second-order valence-electron chi connectivity index (χ2n) is 5.17. The van der Waals surface area contributed by atoms with Gasteiger partial charge >= 0.3 is 0 Å². The summed E-state index contributed by atoms with van der Waals surface area (Å²) in [5.41, 5.74) is 3.41. The molecule has 0 amide bonds. The number of aromatic hydroxyl groups is 1. The Morgan fingerprint density at radius 3 is 2.35 bits per heavy atom. The minimum absolute atomic E-state index is 0.287. The smallest absolute Gasteiger partial charge is 0.164 e. The number of phenolic OH excluding ortho intramolecular Hbond substituents is 1. The van der Waals surface area contributed by atoms with Gasteiger partial charge in [0.2, 0.25) is 0 Å². The maximum absolute atomic E-state index is 10.0. The van der Waals surface area contributed by atoms with E-state index in [0.717, 1.165) is 24.0 Å². The lowest BCUT2D eigenvalue weighted by atomic mass is 9.97. The van der Waals surface area contributed by atoms with Gasteiger partial charge in [-0.15, -0.1) is 0 Å². The van der Waals surface area contributed by atoms with E-state index < -0.39 is 0 Å². The van der Waals surface area contributed by atoms with Crippen molar-refractivity contribution < 1.29 is 9.84 Å². The normalized spacial score (nSPS) is 17.1. The summed E-state index contributed by atoms with van der Waals surface area (Å²) in [6.07, 6.45) is 6.33. The summed E-state index contributed by atoms with van der Waals surface area (Å²) < 4.78 is 6.00. The Balaban J connectivity index is 2.22. The number of phenols is 1. The third kappa shape index (κ3) is 2.56. The Kier molecular flexibility index (Phi) is 3.60. The standard InChI is InChI=1S/C15H22O2/c1-10-9-14(16)15(12(3)11(10)2)17-13-7-5-4-6-8-13/h9,13,16H,4-8H2,1-3H3. The summed E-state index contributed by atoms with van der Waals surface area (Å²) in [4.78, 5) is 0. The van der Waals surface area contributed by atoms with Crippen molar-refractivity contribution in [3.8, 4) is 11.5 Å².